The Morgan fingerprint density at radius 1 is 0.720 bits per heavy atom. The Balaban J connectivity index is 1.93. The van der Waals surface area contributed by atoms with Crippen LogP contribution in [0.3, 0.4) is 0 Å². The molecule has 0 spiro atoms. The third-order valence-electron chi connectivity index (χ3n) is 3.24. The van der Waals surface area contributed by atoms with Crippen molar-refractivity contribution in [2.24, 2.45) is 0 Å². The standard InChI is InChI=1S/C19H21N3O3/c1-19(2,3)20-17(24)18(25)22-21-16(23)15-11-9-14(10-12-15)13-7-5-4-6-8-13/h4-12H,1-3H3,(H,20,24)(H,21,23)(H,22,25). The lowest BCUT2D eigenvalue weighted by Crippen LogP contribution is -2.52. The SMILES string of the molecule is CC(C)(C)NC(=O)C(=O)NNC(=O)c1ccc(-c2ccccc2)cc1. The highest BCUT2D eigenvalue weighted by Gasteiger charge is 2.20. The number of carbonyl (C=O) groups excluding carboxylic acids is 3. The van der Waals surface area contributed by atoms with E-state index in [9.17, 15) is 14.4 Å². The number of hydrogen-bond acceptors (Lipinski definition) is 3. The van der Waals surface area contributed by atoms with Gasteiger partial charge in [0.1, 0.15) is 0 Å². The molecule has 2 rings (SSSR count). The molecule has 0 fully saturated rings. The first-order chi connectivity index (χ1) is 11.8. The molecule has 0 saturated carbocycles. The topological polar surface area (TPSA) is 87.3 Å². The van der Waals surface area contributed by atoms with E-state index < -0.39 is 23.3 Å². The van der Waals surface area contributed by atoms with Crippen LogP contribution in [0.1, 0.15) is 31.1 Å². The van der Waals surface area contributed by atoms with Gasteiger partial charge < -0.3 is 5.32 Å². The molecule has 0 unspecified atom stereocenters. The van der Waals surface area contributed by atoms with Crippen LogP contribution in [0.25, 0.3) is 11.1 Å². The van der Waals surface area contributed by atoms with Crippen LogP contribution in [-0.4, -0.2) is 23.3 Å². The molecule has 6 nitrogen and oxygen atoms in total. The van der Waals surface area contributed by atoms with Crippen LogP contribution in [0.4, 0.5) is 0 Å². The molecule has 0 aromatic heterocycles. The summed E-state index contributed by atoms with van der Waals surface area (Å²) in [6.45, 7) is 5.27. The highest BCUT2D eigenvalue weighted by Crippen LogP contribution is 2.19. The molecular weight excluding hydrogens is 318 g/mol. The summed E-state index contributed by atoms with van der Waals surface area (Å²) < 4.78 is 0. The number of carbonyl (C=O) groups is 3. The van der Waals surface area contributed by atoms with Gasteiger partial charge in [0.15, 0.2) is 0 Å². The van der Waals surface area contributed by atoms with Crippen molar-refractivity contribution in [1.29, 1.82) is 0 Å². The van der Waals surface area contributed by atoms with Crippen molar-refractivity contribution in [3.05, 3.63) is 60.2 Å². The molecule has 6 heteroatoms. The summed E-state index contributed by atoms with van der Waals surface area (Å²) in [5, 5.41) is 2.51. The van der Waals surface area contributed by atoms with Crippen LogP contribution in [0, 0.1) is 0 Å². The number of nitrogens with one attached hydrogen (secondary N) is 3. The Kier molecular flexibility index (Phi) is 5.54. The molecule has 0 aliphatic carbocycles. The number of amides is 3. The van der Waals surface area contributed by atoms with Gasteiger partial charge in [-0.15, -0.1) is 0 Å². The third kappa shape index (κ3) is 5.46. The summed E-state index contributed by atoms with van der Waals surface area (Å²) in [6.07, 6.45) is 0. The fourth-order valence-electron chi connectivity index (χ4n) is 2.08. The minimum absolute atomic E-state index is 0.371. The van der Waals surface area contributed by atoms with E-state index in [1.807, 2.05) is 42.5 Å². The van der Waals surface area contributed by atoms with Crippen molar-refractivity contribution in [2.75, 3.05) is 0 Å². The van der Waals surface area contributed by atoms with Crippen molar-refractivity contribution >= 4 is 17.7 Å². The maximum atomic E-state index is 12.0. The van der Waals surface area contributed by atoms with E-state index in [-0.39, 0.29) is 0 Å². The molecule has 0 aliphatic heterocycles. The zero-order valence-corrected chi connectivity index (χ0v) is 14.4. The van der Waals surface area contributed by atoms with Gasteiger partial charge in [0.05, 0.1) is 0 Å². The fraction of sp³-hybridized carbons (Fsp3) is 0.211. The highest BCUT2D eigenvalue weighted by molar-refractivity contribution is 6.35. The summed E-state index contributed by atoms with van der Waals surface area (Å²) in [4.78, 5) is 35.3. The van der Waals surface area contributed by atoms with Gasteiger partial charge in [-0.25, -0.2) is 0 Å². The molecule has 3 N–H and O–H groups in total. The van der Waals surface area contributed by atoms with Gasteiger partial charge in [0.25, 0.3) is 5.91 Å². The second kappa shape index (κ2) is 7.61. The first-order valence-electron chi connectivity index (χ1n) is 7.84. The molecule has 0 atom stereocenters. The van der Waals surface area contributed by atoms with Crippen LogP contribution < -0.4 is 16.2 Å². The number of benzene rings is 2. The van der Waals surface area contributed by atoms with Crippen molar-refractivity contribution in [1.82, 2.24) is 16.2 Å². The maximum absolute atomic E-state index is 12.0. The van der Waals surface area contributed by atoms with Gasteiger partial charge in [-0.2, -0.15) is 0 Å². The third-order valence-corrected chi connectivity index (χ3v) is 3.24. The molecule has 0 heterocycles. The van der Waals surface area contributed by atoms with Crippen molar-refractivity contribution in [3.8, 4) is 11.1 Å². The Morgan fingerprint density at radius 2 is 1.28 bits per heavy atom. The molecule has 3 amide bonds. The zero-order chi connectivity index (χ0) is 18.4. The van der Waals surface area contributed by atoms with Crippen molar-refractivity contribution < 1.29 is 14.4 Å². The molecule has 0 radical (unpaired) electrons. The minimum Gasteiger partial charge on any atom is -0.343 e. The van der Waals surface area contributed by atoms with Crippen molar-refractivity contribution in [2.45, 2.75) is 26.3 Å². The molecule has 25 heavy (non-hydrogen) atoms. The Morgan fingerprint density at radius 3 is 1.84 bits per heavy atom. The normalized spacial score (nSPS) is 10.7. The second-order valence-corrected chi connectivity index (χ2v) is 6.56. The first-order valence-corrected chi connectivity index (χ1v) is 7.84. The largest absolute Gasteiger partial charge is 0.343 e. The highest BCUT2D eigenvalue weighted by atomic mass is 16.2. The molecule has 0 aliphatic rings. The average molecular weight is 339 g/mol. The van der Waals surface area contributed by atoms with E-state index in [1.54, 1.807) is 32.9 Å². The van der Waals surface area contributed by atoms with E-state index in [0.29, 0.717) is 5.56 Å². The Labute approximate surface area is 146 Å². The van der Waals surface area contributed by atoms with E-state index >= 15 is 0 Å². The summed E-state index contributed by atoms with van der Waals surface area (Å²) in [5.41, 5.74) is 6.18. The summed E-state index contributed by atoms with van der Waals surface area (Å²) in [5.74, 6) is -2.24. The zero-order valence-electron chi connectivity index (χ0n) is 14.4. The smallest absolute Gasteiger partial charge is 0.327 e. The van der Waals surface area contributed by atoms with Gasteiger partial charge >= 0.3 is 11.8 Å². The fourth-order valence-corrected chi connectivity index (χ4v) is 2.08. The first kappa shape index (κ1) is 18.2. The van der Waals surface area contributed by atoms with Crippen LogP contribution in [-0.2, 0) is 9.59 Å². The quantitative estimate of drug-likeness (QED) is 0.578. The lowest BCUT2D eigenvalue weighted by atomic mass is 10.0. The number of hydrogen-bond donors (Lipinski definition) is 3. The molecule has 2 aromatic rings. The monoisotopic (exact) mass is 339 g/mol. The summed E-state index contributed by atoms with van der Waals surface area (Å²) >= 11 is 0. The molecule has 0 saturated heterocycles. The van der Waals surface area contributed by atoms with Crippen LogP contribution >= 0.6 is 0 Å². The minimum atomic E-state index is -0.927. The molecule has 2 aromatic carbocycles. The van der Waals surface area contributed by atoms with Crippen LogP contribution in [0.2, 0.25) is 0 Å². The number of hydrazine groups is 1. The van der Waals surface area contributed by atoms with E-state index in [1.165, 1.54) is 0 Å². The molecule has 0 bridgehead atoms. The second-order valence-electron chi connectivity index (χ2n) is 6.56. The lowest BCUT2D eigenvalue weighted by molar-refractivity contribution is -0.140. The maximum Gasteiger partial charge on any atom is 0.327 e. The van der Waals surface area contributed by atoms with E-state index in [2.05, 4.69) is 16.2 Å². The van der Waals surface area contributed by atoms with Crippen LogP contribution in [0.5, 0.6) is 0 Å². The van der Waals surface area contributed by atoms with Gasteiger partial charge in [0.2, 0.25) is 0 Å². The summed E-state index contributed by atoms with van der Waals surface area (Å²) in [7, 11) is 0. The average Bonchev–Trinajstić information content (AvgIpc) is 2.58. The molecule has 130 valence electrons. The van der Waals surface area contributed by atoms with Gasteiger partial charge in [0, 0.05) is 11.1 Å². The predicted molar refractivity (Wildman–Crippen MR) is 95.4 cm³/mol. The van der Waals surface area contributed by atoms with E-state index in [0.717, 1.165) is 11.1 Å². The van der Waals surface area contributed by atoms with Gasteiger partial charge in [-0.3, -0.25) is 25.2 Å². The molecular formula is C19H21N3O3. The van der Waals surface area contributed by atoms with Gasteiger partial charge in [-0.1, -0.05) is 42.5 Å². The van der Waals surface area contributed by atoms with Gasteiger partial charge in [-0.05, 0) is 44.0 Å². The predicted octanol–water partition coefficient (Wildman–Crippen LogP) is 2.03. The number of rotatable bonds is 2. The van der Waals surface area contributed by atoms with Crippen LogP contribution in [0.15, 0.2) is 54.6 Å². The Bertz CT molecular complexity index is 763. The summed E-state index contributed by atoms with van der Waals surface area (Å²) in [6, 6.07) is 16.7. The van der Waals surface area contributed by atoms with E-state index in [4.69, 9.17) is 0 Å². The Hall–Kier alpha value is -3.15. The lowest BCUT2D eigenvalue weighted by Gasteiger charge is -2.19. The van der Waals surface area contributed by atoms with Crippen molar-refractivity contribution in [3.63, 3.8) is 0 Å².